The van der Waals surface area contributed by atoms with Crippen LogP contribution in [0.2, 0.25) is 0 Å². The lowest BCUT2D eigenvalue weighted by Crippen LogP contribution is -2.40. The number of hydrogen-bond donors (Lipinski definition) is 1. The molecule has 0 saturated carbocycles. The summed E-state index contributed by atoms with van der Waals surface area (Å²) in [5.74, 6) is -1.97. The highest BCUT2D eigenvalue weighted by Crippen LogP contribution is 2.43. The lowest BCUT2D eigenvalue weighted by molar-refractivity contribution is -0.148. The van der Waals surface area contributed by atoms with Crippen molar-refractivity contribution in [2.45, 2.75) is 6.54 Å². The molecule has 0 aliphatic carbocycles. The zero-order chi connectivity index (χ0) is 16.6. The number of aliphatic carboxylic acids is 1. The molecular formula is C17H20F2N2O2. The van der Waals surface area contributed by atoms with E-state index in [2.05, 4.69) is 11.5 Å². The lowest BCUT2D eigenvalue weighted by atomic mass is 9.81. The molecule has 2 atom stereocenters. The molecule has 0 bridgehead atoms. The van der Waals surface area contributed by atoms with Crippen molar-refractivity contribution in [3.05, 3.63) is 48.1 Å². The van der Waals surface area contributed by atoms with E-state index in [9.17, 15) is 18.7 Å². The number of carboxylic acid groups (broad SMARTS) is 1. The Hall–Kier alpha value is -1.79. The zero-order valence-corrected chi connectivity index (χ0v) is 12.8. The Morgan fingerprint density at radius 3 is 2.65 bits per heavy atom. The minimum atomic E-state index is -0.806. The minimum Gasteiger partial charge on any atom is -0.481 e. The van der Waals surface area contributed by atoms with Crippen molar-refractivity contribution in [2.75, 3.05) is 32.7 Å². The van der Waals surface area contributed by atoms with Crippen molar-refractivity contribution < 1.29 is 18.7 Å². The number of nitrogens with zero attached hydrogens (tertiary/aromatic N) is 2. The average molecular weight is 322 g/mol. The maximum Gasteiger partial charge on any atom is 0.312 e. The van der Waals surface area contributed by atoms with Gasteiger partial charge in [0.05, 0.1) is 5.41 Å². The summed E-state index contributed by atoms with van der Waals surface area (Å²) in [7, 11) is 0. The van der Waals surface area contributed by atoms with Gasteiger partial charge in [-0.05, 0) is 6.07 Å². The van der Waals surface area contributed by atoms with Gasteiger partial charge in [-0.25, -0.2) is 8.78 Å². The summed E-state index contributed by atoms with van der Waals surface area (Å²) in [5, 5.41) is 9.73. The van der Waals surface area contributed by atoms with E-state index >= 15 is 0 Å². The fourth-order valence-electron chi connectivity index (χ4n) is 3.91. The molecule has 2 fully saturated rings. The maximum absolute atomic E-state index is 13.8. The van der Waals surface area contributed by atoms with Crippen LogP contribution in [0.5, 0.6) is 0 Å². The number of benzene rings is 1. The first-order valence-corrected chi connectivity index (χ1v) is 7.67. The Balaban J connectivity index is 1.74. The van der Waals surface area contributed by atoms with Crippen LogP contribution >= 0.6 is 0 Å². The first-order valence-electron chi connectivity index (χ1n) is 7.67. The number of likely N-dealkylation sites (tertiary alicyclic amines) is 2. The van der Waals surface area contributed by atoms with Gasteiger partial charge >= 0.3 is 5.97 Å². The Kier molecular flexibility index (Phi) is 4.21. The molecule has 3 rings (SSSR count). The second kappa shape index (κ2) is 6.02. The molecule has 2 aliphatic rings. The van der Waals surface area contributed by atoms with E-state index in [-0.39, 0.29) is 5.92 Å². The van der Waals surface area contributed by atoms with E-state index in [1.807, 2.05) is 4.90 Å². The molecule has 124 valence electrons. The van der Waals surface area contributed by atoms with Gasteiger partial charge in [-0.2, -0.15) is 0 Å². The van der Waals surface area contributed by atoms with E-state index in [4.69, 9.17) is 0 Å². The molecule has 0 spiro atoms. The third-order valence-corrected chi connectivity index (χ3v) is 4.97. The highest BCUT2D eigenvalue weighted by atomic mass is 19.1. The van der Waals surface area contributed by atoms with Crippen LogP contribution in [0.15, 0.2) is 30.9 Å². The Morgan fingerprint density at radius 2 is 2.04 bits per heavy atom. The zero-order valence-electron chi connectivity index (χ0n) is 12.8. The standard InChI is InChI=1S/C17H20F2N2O2/c1-2-5-20-8-13-9-21(11-17(13,10-20)16(22)23)7-12-3-4-14(18)6-15(12)19/h2-4,6,13H,1,5,7-11H2,(H,22,23)/t13-,17-/m1/s1. The number of hydrogen-bond acceptors (Lipinski definition) is 3. The molecule has 0 aromatic heterocycles. The van der Waals surface area contributed by atoms with Gasteiger partial charge in [0, 0.05) is 56.8 Å². The van der Waals surface area contributed by atoms with Gasteiger partial charge in [0.2, 0.25) is 0 Å². The third-order valence-electron chi connectivity index (χ3n) is 4.97. The van der Waals surface area contributed by atoms with E-state index < -0.39 is 23.0 Å². The lowest BCUT2D eigenvalue weighted by Gasteiger charge is -2.25. The number of carboxylic acids is 1. The predicted molar refractivity (Wildman–Crippen MR) is 81.8 cm³/mol. The summed E-state index contributed by atoms with van der Waals surface area (Å²) in [6.07, 6.45) is 1.78. The average Bonchev–Trinajstić information content (AvgIpc) is 2.97. The molecule has 2 saturated heterocycles. The van der Waals surface area contributed by atoms with E-state index in [1.165, 1.54) is 12.1 Å². The van der Waals surface area contributed by atoms with Crippen LogP contribution in [0, 0.1) is 23.0 Å². The van der Waals surface area contributed by atoms with Crippen LogP contribution in [-0.2, 0) is 11.3 Å². The molecule has 0 amide bonds. The summed E-state index contributed by atoms with van der Waals surface area (Å²) in [4.78, 5) is 15.9. The highest BCUT2D eigenvalue weighted by molar-refractivity contribution is 5.77. The monoisotopic (exact) mass is 322 g/mol. The van der Waals surface area contributed by atoms with Crippen molar-refractivity contribution >= 4 is 5.97 Å². The molecule has 0 unspecified atom stereocenters. The van der Waals surface area contributed by atoms with Crippen molar-refractivity contribution in [3.8, 4) is 0 Å². The van der Waals surface area contributed by atoms with Crippen LogP contribution in [0.4, 0.5) is 8.78 Å². The van der Waals surface area contributed by atoms with Gasteiger partial charge in [-0.1, -0.05) is 12.1 Å². The van der Waals surface area contributed by atoms with Gasteiger partial charge < -0.3 is 5.11 Å². The molecule has 2 heterocycles. The molecule has 6 heteroatoms. The van der Waals surface area contributed by atoms with Crippen molar-refractivity contribution in [1.82, 2.24) is 9.80 Å². The first kappa shape index (κ1) is 16.1. The van der Waals surface area contributed by atoms with Crippen molar-refractivity contribution in [2.24, 2.45) is 11.3 Å². The number of fused-ring (bicyclic) bond motifs is 1. The first-order chi connectivity index (χ1) is 10.9. The molecular weight excluding hydrogens is 302 g/mol. The van der Waals surface area contributed by atoms with Gasteiger partial charge in [-0.3, -0.25) is 14.6 Å². The van der Waals surface area contributed by atoms with Gasteiger partial charge in [0.1, 0.15) is 11.6 Å². The summed E-state index contributed by atoms with van der Waals surface area (Å²) >= 11 is 0. The van der Waals surface area contributed by atoms with Crippen LogP contribution in [0.1, 0.15) is 5.56 Å². The van der Waals surface area contributed by atoms with E-state index in [0.29, 0.717) is 44.8 Å². The number of carbonyl (C=O) groups is 1. The molecule has 1 aromatic rings. The largest absolute Gasteiger partial charge is 0.481 e. The summed E-state index contributed by atoms with van der Waals surface area (Å²) in [5.41, 5.74) is -0.408. The number of halogens is 2. The topological polar surface area (TPSA) is 43.8 Å². The Morgan fingerprint density at radius 1 is 1.35 bits per heavy atom. The van der Waals surface area contributed by atoms with Crippen molar-refractivity contribution in [3.63, 3.8) is 0 Å². The molecule has 1 N–H and O–H groups in total. The van der Waals surface area contributed by atoms with Crippen LogP contribution in [0.3, 0.4) is 0 Å². The number of rotatable bonds is 5. The predicted octanol–water partition coefficient (Wildman–Crippen LogP) is 1.97. The van der Waals surface area contributed by atoms with E-state index in [1.54, 1.807) is 6.08 Å². The quantitative estimate of drug-likeness (QED) is 0.842. The summed E-state index contributed by atoms with van der Waals surface area (Å²) < 4.78 is 26.8. The molecule has 0 radical (unpaired) electrons. The van der Waals surface area contributed by atoms with Gasteiger partial charge in [0.15, 0.2) is 0 Å². The summed E-state index contributed by atoms with van der Waals surface area (Å²) in [6.45, 7) is 6.88. The van der Waals surface area contributed by atoms with E-state index in [0.717, 1.165) is 6.07 Å². The second-order valence-electron chi connectivity index (χ2n) is 6.55. The van der Waals surface area contributed by atoms with Gasteiger partial charge in [-0.15, -0.1) is 6.58 Å². The van der Waals surface area contributed by atoms with Crippen LogP contribution in [0.25, 0.3) is 0 Å². The molecule has 1 aromatic carbocycles. The maximum atomic E-state index is 13.8. The summed E-state index contributed by atoms with van der Waals surface area (Å²) in [6, 6.07) is 3.52. The molecule has 23 heavy (non-hydrogen) atoms. The SMILES string of the molecule is C=CCN1C[C@@H]2CN(Cc3ccc(F)cc3F)C[C@]2(C(=O)O)C1. The normalized spacial score (nSPS) is 28.0. The molecule has 2 aliphatic heterocycles. The smallest absolute Gasteiger partial charge is 0.312 e. The fourth-order valence-corrected chi connectivity index (χ4v) is 3.91. The third kappa shape index (κ3) is 2.88. The van der Waals surface area contributed by atoms with Gasteiger partial charge in [0.25, 0.3) is 0 Å². The molecule has 4 nitrogen and oxygen atoms in total. The minimum absolute atomic E-state index is 0.0171. The fraction of sp³-hybridized carbons (Fsp3) is 0.471. The Bertz CT molecular complexity index is 637. The second-order valence-corrected chi connectivity index (χ2v) is 6.55. The van der Waals surface area contributed by atoms with Crippen LogP contribution in [-0.4, -0.2) is 53.6 Å². The highest BCUT2D eigenvalue weighted by Gasteiger charge is 2.57. The Labute approximate surface area is 134 Å². The van der Waals surface area contributed by atoms with Crippen LogP contribution < -0.4 is 0 Å². The van der Waals surface area contributed by atoms with Crippen molar-refractivity contribution in [1.29, 1.82) is 0 Å².